The largest absolute Gasteiger partial charge is 0.396 e. The van der Waals surface area contributed by atoms with Gasteiger partial charge in [0.15, 0.2) is 5.78 Å². The van der Waals surface area contributed by atoms with Crippen molar-refractivity contribution in [2.45, 2.75) is 39.0 Å². The van der Waals surface area contributed by atoms with E-state index in [4.69, 9.17) is 0 Å². The van der Waals surface area contributed by atoms with Crippen LogP contribution in [0.1, 0.15) is 54.3 Å². The third kappa shape index (κ3) is 3.17. The molecule has 0 saturated heterocycles. The van der Waals surface area contributed by atoms with Crippen LogP contribution in [-0.4, -0.2) is 17.5 Å². The molecule has 0 radical (unpaired) electrons. The van der Waals surface area contributed by atoms with Crippen molar-refractivity contribution in [2.75, 3.05) is 6.61 Å². The molecule has 1 aromatic heterocycles. The molecule has 1 N–H and O–H groups in total. The predicted molar refractivity (Wildman–Crippen MR) is 70.7 cm³/mol. The van der Waals surface area contributed by atoms with Gasteiger partial charge in [-0.1, -0.05) is 13.8 Å². The fraction of sp³-hybridized carbons (Fsp3) is 0.643. The second kappa shape index (κ2) is 5.32. The van der Waals surface area contributed by atoms with Gasteiger partial charge < -0.3 is 5.11 Å². The van der Waals surface area contributed by atoms with Gasteiger partial charge in [0.05, 0.1) is 4.88 Å². The Labute approximate surface area is 107 Å². The topological polar surface area (TPSA) is 37.3 Å². The van der Waals surface area contributed by atoms with Gasteiger partial charge in [-0.2, -0.15) is 0 Å². The summed E-state index contributed by atoms with van der Waals surface area (Å²) in [4.78, 5) is 12.9. The molecule has 1 fully saturated rings. The molecule has 1 unspecified atom stereocenters. The molecule has 1 atom stereocenters. The molecule has 0 aliphatic heterocycles. The van der Waals surface area contributed by atoms with E-state index in [1.54, 1.807) is 0 Å². The molecular formula is C14H20O2S. The summed E-state index contributed by atoms with van der Waals surface area (Å²) < 4.78 is 0. The second-order valence-electron chi connectivity index (χ2n) is 5.31. The minimum Gasteiger partial charge on any atom is -0.396 e. The van der Waals surface area contributed by atoms with Gasteiger partial charge in [-0.05, 0) is 47.6 Å². The first-order chi connectivity index (χ1) is 8.11. The zero-order valence-corrected chi connectivity index (χ0v) is 11.3. The van der Waals surface area contributed by atoms with Crippen molar-refractivity contribution in [3.63, 3.8) is 0 Å². The first-order valence-corrected chi connectivity index (χ1v) is 7.22. The highest BCUT2D eigenvalue weighted by atomic mass is 32.1. The van der Waals surface area contributed by atoms with E-state index in [9.17, 15) is 9.90 Å². The summed E-state index contributed by atoms with van der Waals surface area (Å²) in [6.45, 7) is 4.42. The Bertz CT molecular complexity index is 391. The zero-order chi connectivity index (χ0) is 12.4. The zero-order valence-electron chi connectivity index (χ0n) is 10.5. The summed E-state index contributed by atoms with van der Waals surface area (Å²) in [5.74, 6) is 1.46. The third-order valence-corrected chi connectivity index (χ3v) is 4.52. The minimum absolute atomic E-state index is 0.152. The molecule has 1 aliphatic rings. The van der Waals surface area contributed by atoms with Crippen LogP contribution in [-0.2, 0) is 0 Å². The number of aliphatic hydroxyl groups is 1. The number of thiophene rings is 1. The van der Waals surface area contributed by atoms with Gasteiger partial charge in [-0.25, -0.2) is 0 Å². The summed E-state index contributed by atoms with van der Waals surface area (Å²) in [7, 11) is 0. The second-order valence-corrected chi connectivity index (χ2v) is 6.22. The van der Waals surface area contributed by atoms with Crippen molar-refractivity contribution < 1.29 is 9.90 Å². The third-order valence-electron chi connectivity index (χ3n) is 3.53. The lowest BCUT2D eigenvalue weighted by molar-refractivity contribution is 0.0928. The number of hydrogen-bond acceptors (Lipinski definition) is 3. The molecule has 0 amide bonds. The molecule has 2 nitrogen and oxygen atoms in total. The molecule has 1 saturated carbocycles. The van der Waals surface area contributed by atoms with Crippen molar-refractivity contribution in [1.82, 2.24) is 0 Å². The Morgan fingerprint density at radius 1 is 1.53 bits per heavy atom. The number of carbonyl (C=O) groups is 1. The molecule has 17 heavy (non-hydrogen) atoms. The first-order valence-electron chi connectivity index (χ1n) is 6.34. The van der Waals surface area contributed by atoms with Crippen LogP contribution < -0.4 is 0 Å². The highest BCUT2D eigenvalue weighted by molar-refractivity contribution is 7.12. The fourth-order valence-corrected chi connectivity index (χ4v) is 3.11. The maximum Gasteiger partial charge on any atom is 0.173 e. The Balaban J connectivity index is 1.98. The molecule has 2 rings (SSSR count). The molecule has 0 spiro atoms. The van der Waals surface area contributed by atoms with Crippen molar-refractivity contribution in [2.24, 2.45) is 11.8 Å². The Morgan fingerprint density at radius 3 is 2.71 bits per heavy atom. The maximum absolute atomic E-state index is 12.1. The minimum atomic E-state index is 0.152. The standard InChI is InChI=1S/C14H20O2S/c1-9(2)12-6-14(17-8-12)13(16)5-11(7-15)10-3-4-10/h6,8-11,15H,3-5,7H2,1-2H3. The average molecular weight is 252 g/mol. The van der Waals surface area contributed by atoms with Gasteiger partial charge in [0.2, 0.25) is 0 Å². The number of Topliss-reactive ketones (excluding diaryl/α,β-unsaturated/α-hetero) is 1. The van der Waals surface area contributed by atoms with Gasteiger partial charge >= 0.3 is 0 Å². The summed E-state index contributed by atoms with van der Waals surface area (Å²) in [5.41, 5.74) is 1.24. The van der Waals surface area contributed by atoms with E-state index in [1.165, 1.54) is 29.7 Å². The van der Waals surface area contributed by atoms with Gasteiger partial charge in [0, 0.05) is 13.0 Å². The normalized spacial score (nSPS) is 17.4. The van der Waals surface area contributed by atoms with E-state index in [1.807, 2.05) is 6.07 Å². The van der Waals surface area contributed by atoms with E-state index >= 15 is 0 Å². The molecule has 0 bridgehead atoms. The maximum atomic E-state index is 12.1. The van der Waals surface area contributed by atoms with Gasteiger partial charge in [0.1, 0.15) is 0 Å². The van der Waals surface area contributed by atoms with Crippen LogP contribution >= 0.6 is 11.3 Å². The quantitative estimate of drug-likeness (QED) is 0.787. The van der Waals surface area contributed by atoms with Crippen LogP contribution in [0.2, 0.25) is 0 Å². The van der Waals surface area contributed by atoms with E-state index in [2.05, 4.69) is 19.2 Å². The first kappa shape index (κ1) is 12.8. The predicted octanol–water partition coefficient (Wildman–Crippen LogP) is 3.46. The SMILES string of the molecule is CC(C)c1csc(C(=O)CC(CO)C2CC2)c1. The Morgan fingerprint density at radius 2 is 2.24 bits per heavy atom. The van der Waals surface area contributed by atoms with E-state index in [-0.39, 0.29) is 18.3 Å². The van der Waals surface area contributed by atoms with Crippen LogP contribution in [0.15, 0.2) is 11.4 Å². The highest BCUT2D eigenvalue weighted by Crippen LogP contribution is 2.39. The molecule has 1 heterocycles. The lowest BCUT2D eigenvalue weighted by atomic mass is 9.97. The number of ketones is 1. The Hall–Kier alpha value is -0.670. The van der Waals surface area contributed by atoms with Gasteiger partial charge in [0.25, 0.3) is 0 Å². The molecular weight excluding hydrogens is 232 g/mol. The van der Waals surface area contributed by atoms with Crippen LogP contribution in [0.4, 0.5) is 0 Å². The van der Waals surface area contributed by atoms with E-state index < -0.39 is 0 Å². The van der Waals surface area contributed by atoms with Crippen LogP contribution in [0, 0.1) is 11.8 Å². The monoisotopic (exact) mass is 252 g/mol. The van der Waals surface area contributed by atoms with Crippen molar-refractivity contribution in [3.05, 3.63) is 21.9 Å². The van der Waals surface area contributed by atoms with Gasteiger partial charge in [-0.3, -0.25) is 4.79 Å². The van der Waals surface area contributed by atoms with Crippen molar-refractivity contribution in [1.29, 1.82) is 0 Å². The van der Waals surface area contributed by atoms with Gasteiger partial charge in [-0.15, -0.1) is 11.3 Å². The fourth-order valence-electron chi connectivity index (χ4n) is 2.09. The summed E-state index contributed by atoms with van der Waals surface area (Å²) >= 11 is 1.54. The molecule has 94 valence electrons. The Kier molecular flexibility index (Phi) is 4.00. The smallest absolute Gasteiger partial charge is 0.173 e. The lowest BCUT2D eigenvalue weighted by Gasteiger charge is -2.10. The van der Waals surface area contributed by atoms with E-state index in [0.29, 0.717) is 18.3 Å². The number of hydrogen-bond donors (Lipinski definition) is 1. The van der Waals surface area contributed by atoms with E-state index in [0.717, 1.165) is 4.88 Å². The summed E-state index contributed by atoms with van der Waals surface area (Å²) in [5, 5.41) is 11.3. The molecule has 1 aromatic rings. The van der Waals surface area contributed by atoms with Crippen LogP contribution in [0.3, 0.4) is 0 Å². The van der Waals surface area contributed by atoms with Crippen LogP contribution in [0.5, 0.6) is 0 Å². The highest BCUT2D eigenvalue weighted by Gasteiger charge is 2.32. The molecule has 3 heteroatoms. The number of aliphatic hydroxyl groups excluding tert-OH is 1. The molecule has 0 aromatic carbocycles. The lowest BCUT2D eigenvalue weighted by Crippen LogP contribution is -2.13. The van der Waals surface area contributed by atoms with Crippen LogP contribution in [0.25, 0.3) is 0 Å². The van der Waals surface area contributed by atoms with Crippen molar-refractivity contribution in [3.8, 4) is 0 Å². The summed E-state index contributed by atoms with van der Waals surface area (Å²) in [6, 6.07) is 2.01. The summed E-state index contributed by atoms with van der Waals surface area (Å²) in [6.07, 6.45) is 2.87. The molecule has 1 aliphatic carbocycles. The number of carbonyl (C=O) groups excluding carboxylic acids is 1. The van der Waals surface area contributed by atoms with Crippen molar-refractivity contribution >= 4 is 17.1 Å². The average Bonchev–Trinajstić information content (AvgIpc) is 3.01. The number of rotatable bonds is 6.